The molecule has 0 aromatic carbocycles. The highest BCUT2D eigenvalue weighted by Gasteiger charge is 2.60. The van der Waals surface area contributed by atoms with Crippen molar-refractivity contribution in [3.63, 3.8) is 0 Å². The molecule has 0 aromatic rings. The highest BCUT2D eigenvalue weighted by atomic mass is 16.6. The zero-order valence-electron chi connectivity index (χ0n) is 6.22. The molecule has 1 aliphatic carbocycles. The summed E-state index contributed by atoms with van der Waals surface area (Å²) in [6, 6.07) is 0. The van der Waals surface area contributed by atoms with Crippen molar-refractivity contribution >= 4 is 5.78 Å². The van der Waals surface area contributed by atoms with Gasteiger partial charge in [-0.1, -0.05) is 6.42 Å². The molecule has 2 rings (SSSR count). The van der Waals surface area contributed by atoms with Crippen LogP contribution in [0.4, 0.5) is 0 Å². The average molecular weight is 140 g/mol. The quantitative estimate of drug-likeness (QED) is 0.513. The molecule has 1 heterocycles. The van der Waals surface area contributed by atoms with Crippen LogP contribution in [0, 0.1) is 0 Å². The van der Waals surface area contributed by atoms with Crippen LogP contribution in [0.5, 0.6) is 0 Å². The molecule has 2 nitrogen and oxygen atoms in total. The van der Waals surface area contributed by atoms with Crippen molar-refractivity contribution < 1.29 is 9.53 Å². The summed E-state index contributed by atoms with van der Waals surface area (Å²) in [6.07, 6.45) is 4.75. The van der Waals surface area contributed by atoms with Crippen LogP contribution in [-0.2, 0) is 9.53 Å². The second kappa shape index (κ2) is 1.82. The van der Waals surface area contributed by atoms with Gasteiger partial charge in [0.1, 0.15) is 0 Å². The molecule has 2 unspecified atom stereocenters. The van der Waals surface area contributed by atoms with Gasteiger partial charge in [0.25, 0.3) is 0 Å². The van der Waals surface area contributed by atoms with E-state index in [-0.39, 0.29) is 11.4 Å². The zero-order chi connectivity index (χ0) is 7.19. The number of ketones is 1. The highest BCUT2D eigenvalue weighted by molar-refractivity contribution is 5.88. The summed E-state index contributed by atoms with van der Waals surface area (Å²) < 4.78 is 5.38. The third-order valence-corrected chi connectivity index (χ3v) is 2.68. The SMILES string of the molecule is CC(=O)C12CCCCC1O2. The Hall–Kier alpha value is -0.370. The van der Waals surface area contributed by atoms with Gasteiger partial charge in [-0.3, -0.25) is 4.79 Å². The number of hydrogen-bond donors (Lipinski definition) is 0. The maximum atomic E-state index is 11.0. The predicted octanol–water partition coefficient (Wildman–Crippen LogP) is 1.29. The molecule has 0 spiro atoms. The molecular weight excluding hydrogens is 128 g/mol. The summed E-state index contributed by atoms with van der Waals surface area (Å²) in [4.78, 5) is 11.0. The molecule has 10 heavy (non-hydrogen) atoms. The Balaban J connectivity index is 2.12. The molecule has 0 amide bonds. The van der Waals surface area contributed by atoms with Gasteiger partial charge in [0.05, 0.1) is 6.10 Å². The third-order valence-electron chi connectivity index (χ3n) is 2.68. The van der Waals surface area contributed by atoms with E-state index in [1.807, 2.05) is 0 Å². The summed E-state index contributed by atoms with van der Waals surface area (Å²) >= 11 is 0. The van der Waals surface area contributed by atoms with Crippen molar-refractivity contribution in [1.82, 2.24) is 0 Å². The molecule has 2 fully saturated rings. The monoisotopic (exact) mass is 140 g/mol. The number of epoxide rings is 1. The van der Waals surface area contributed by atoms with Gasteiger partial charge < -0.3 is 4.74 Å². The Morgan fingerprint density at radius 3 is 2.90 bits per heavy atom. The first-order valence-electron chi connectivity index (χ1n) is 3.94. The van der Waals surface area contributed by atoms with E-state index in [2.05, 4.69) is 0 Å². The molecule has 1 saturated heterocycles. The van der Waals surface area contributed by atoms with E-state index in [4.69, 9.17) is 4.74 Å². The van der Waals surface area contributed by atoms with Gasteiger partial charge in [0.2, 0.25) is 0 Å². The van der Waals surface area contributed by atoms with Crippen LogP contribution < -0.4 is 0 Å². The van der Waals surface area contributed by atoms with Gasteiger partial charge in [-0.15, -0.1) is 0 Å². The fourth-order valence-corrected chi connectivity index (χ4v) is 1.93. The lowest BCUT2D eigenvalue weighted by atomic mass is 9.87. The van der Waals surface area contributed by atoms with Gasteiger partial charge in [-0.05, 0) is 26.2 Å². The van der Waals surface area contributed by atoms with Gasteiger partial charge in [-0.25, -0.2) is 0 Å². The van der Waals surface area contributed by atoms with Crippen LogP contribution >= 0.6 is 0 Å². The Labute approximate surface area is 60.6 Å². The van der Waals surface area contributed by atoms with E-state index in [1.54, 1.807) is 6.92 Å². The highest BCUT2D eigenvalue weighted by Crippen LogP contribution is 2.48. The summed E-state index contributed by atoms with van der Waals surface area (Å²) in [5.74, 6) is 0.234. The third kappa shape index (κ3) is 0.655. The molecule has 1 aliphatic heterocycles. The Morgan fingerprint density at radius 1 is 1.60 bits per heavy atom. The lowest BCUT2D eigenvalue weighted by molar-refractivity contribution is -0.122. The molecule has 2 heteroatoms. The predicted molar refractivity (Wildman–Crippen MR) is 36.8 cm³/mol. The number of ether oxygens (including phenoxy) is 1. The van der Waals surface area contributed by atoms with Crippen LogP contribution in [0.2, 0.25) is 0 Å². The van der Waals surface area contributed by atoms with E-state index in [0.29, 0.717) is 6.10 Å². The zero-order valence-corrected chi connectivity index (χ0v) is 6.22. The van der Waals surface area contributed by atoms with Crippen LogP contribution in [0.25, 0.3) is 0 Å². The number of hydrogen-bond acceptors (Lipinski definition) is 2. The van der Waals surface area contributed by atoms with Gasteiger partial charge in [0.15, 0.2) is 11.4 Å². The first-order valence-corrected chi connectivity index (χ1v) is 3.94. The van der Waals surface area contributed by atoms with Gasteiger partial charge in [0, 0.05) is 0 Å². The molecular formula is C8H12O2. The van der Waals surface area contributed by atoms with E-state index in [0.717, 1.165) is 19.3 Å². The van der Waals surface area contributed by atoms with Crippen molar-refractivity contribution in [3.8, 4) is 0 Å². The van der Waals surface area contributed by atoms with E-state index < -0.39 is 0 Å². The molecule has 2 aliphatic rings. The summed E-state index contributed by atoms with van der Waals surface area (Å²) in [6.45, 7) is 1.64. The molecule has 56 valence electrons. The summed E-state index contributed by atoms with van der Waals surface area (Å²) in [5, 5.41) is 0. The van der Waals surface area contributed by atoms with Crippen LogP contribution in [0.1, 0.15) is 32.6 Å². The largest absolute Gasteiger partial charge is 0.358 e. The first-order chi connectivity index (χ1) is 4.76. The molecule has 2 atom stereocenters. The van der Waals surface area contributed by atoms with Crippen molar-refractivity contribution in [2.45, 2.75) is 44.3 Å². The van der Waals surface area contributed by atoms with Crippen molar-refractivity contribution in [3.05, 3.63) is 0 Å². The minimum atomic E-state index is -0.293. The Bertz CT molecular complexity index is 176. The van der Waals surface area contributed by atoms with Crippen LogP contribution in [-0.4, -0.2) is 17.5 Å². The minimum absolute atomic E-state index is 0.234. The fraction of sp³-hybridized carbons (Fsp3) is 0.875. The minimum Gasteiger partial charge on any atom is -0.358 e. The molecule has 0 N–H and O–H groups in total. The fourth-order valence-electron chi connectivity index (χ4n) is 1.93. The number of rotatable bonds is 1. The van der Waals surface area contributed by atoms with Gasteiger partial charge in [-0.2, -0.15) is 0 Å². The van der Waals surface area contributed by atoms with E-state index in [9.17, 15) is 4.79 Å². The number of Topliss-reactive ketones (excluding diaryl/α,β-unsaturated/α-hetero) is 1. The Kier molecular flexibility index (Phi) is 1.15. The van der Waals surface area contributed by atoms with Crippen LogP contribution in [0.3, 0.4) is 0 Å². The lowest BCUT2D eigenvalue weighted by Crippen LogP contribution is -2.27. The molecule has 0 aromatic heterocycles. The van der Waals surface area contributed by atoms with E-state index in [1.165, 1.54) is 6.42 Å². The molecule has 1 saturated carbocycles. The Morgan fingerprint density at radius 2 is 2.40 bits per heavy atom. The normalized spacial score (nSPS) is 44.3. The second-order valence-electron chi connectivity index (χ2n) is 3.30. The molecule has 0 bridgehead atoms. The summed E-state index contributed by atoms with van der Waals surface area (Å²) in [7, 11) is 0. The number of carbonyl (C=O) groups excluding carboxylic acids is 1. The summed E-state index contributed by atoms with van der Waals surface area (Å²) in [5.41, 5.74) is -0.293. The average Bonchev–Trinajstić information content (AvgIpc) is 2.61. The van der Waals surface area contributed by atoms with Crippen molar-refractivity contribution in [2.24, 2.45) is 0 Å². The van der Waals surface area contributed by atoms with Gasteiger partial charge >= 0.3 is 0 Å². The maximum absolute atomic E-state index is 11.0. The van der Waals surface area contributed by atoms with E-state index >= 15 is 0 Å². The van der Waals surface area contributed by atoms with Crippen molar-refractivity contribution in [1.29, 1.82) is 0 Å². The smallest absolute Gasteiger partial charge is 0.164 e. The number of fused-ring (bicyclic) bond motifs is 1. The maximum Gasteiger partial charge on any atom is 0.164 e. The van der Waals surface area contributed by atoms with Crippen LogP contribution in [0.15, 0.2) is 0 Å². The number of carbonyl (C=O) groups is 1. The standard InChI is InChI=1S/C8H12O2/c1-6(9)8-5-3-2-4-7(8)10-8/h7H,2-5H2,1H3. The topological polar surface area (TPSA) is 29.6 Å². The second-order valence-corrected chi connectivity index (χ2v) is 3.30. The van der Waals surface area contributed by atoms with Crippen molar-refractivity contribution in [2.75, 3.05) is 0 Å². The first kappa shape index (κ1) is 6.35. The lowest BCUT2D eigenvalue weighted by Gasteiger charge is -2.12. The molecule has 0 radical (unpaired) electrons.